The Balaban J connectivity index is 2.43. The van der Waals surface area contributed by atoms with Gasteiger partial charge in [-0.05, 0) is 25.7 Å². The number of nitrogens with zero attached hydrogens (tertiary/aromatic N) is 2. The number of guanidine groups is 1. The van der Waals surface area contributed by atoms with Gasteiger partial charge < -0.3 is 27.8 Å². The number of carbonyl (C=O) groups excluding carboxylic acids is 2. The smallest absolute Gasteiger partial charge is 0.240 e. The number of aliphatic imine (C=N–C) groups is 1. The molecule has 8 N–H and O–H groups in total. The van der Waals surface area contributed by atoms with E-state index in [4.69, 9.17) is 22.9 Å². The minimum Gasteiger partial charge on any atom is -0.370 e. The standard InChI is InChI=1S/C11H22N6O2/c12-7(3-1-5-16-11(14)15)10(19)17-6-2-4-8(17)9(13)18/h7-8H,1-6,12H2,(H2,13,18)(H4,14,15,16). The number of likely N-dealkylation sites (tertiary alicyclic amines) is 1. The maximum atomic E-state index is 12.1. The van der Waals surface area contributed by atoms with Gasteiger partial charge in [-0.2, -0.15) is 0 Å². The zero-order chi connectivity index (χ0) is 14.4. The van der Waals surface area contributed by atoms with E-state index in [1.54, 1.807) is 0 Å². The second kappa shape index (κ2) is 6.93. The number of carbonyl (C=O) groups is 2. The Kier molecular flexibility index (Phi) is 5.56. The van der Waals surface area contributed by atoms with Crippen molar-refractivity contribution in [2.24, 2.45) is 27.9 Å². The van der Waals surface area contributed by atoms with Gasteiger partial charge in [-0.3, -0.25) is 14.6 Å². The maximum Gasteiger partial charge on any atom is 0.240 e. The third kappa shape index (κ3) is 4.40. The summed E-state index contributed by atoms with van der Waals surface area (Å²) in [5, 5.41) is 0. The molecule has 0 spiro atoms. The van der Waals surface area contributed by atoms with Crippen molar-refractivity contribution < 1.29 is 9.59 Å². The van der Waals surface area contributed by atoms with Gasteiger partial charge >= 0.3 is 0 Å². The molecule has 1 aliphatic heterocycles. The Morgan fingerprint density at radius 3 is 2.58 bits per heavy atom. The van der Waals surface area contributed by atoms with Gasteiger partial charge in [0.1, 0.15) is 6.04 Å². The van der Waals surface area contributed by atoms with E-state index in [1.807, 2.05) is 0 Å². The molecule has 2 unspecified atom stereocenters. The number of primary amides is 1. The lowest BCUT2D eigenvalue weighted by atomic mass is 10.1. The first-order valence-corrected chi connectivity index (χ1v) is 6.34. The molecular formula is C11H22N6O2. The van der Waals surface area contributed by atoms with E-state index >= 15 is 0 Å². The van der Waals surface area contributed by atoms with Crippen LogP contribution in [0.15, 0.2) is 4.99 Å². The van der Waals surface area contributed by atoms with Crippen LogP contribution in [0, 0.1) is 0 Å². The van der Waals surface area contributed by atoms with Gasteiger partial charge in [0, 0.05) is 13.1 Å². The molecule has 1 fully saturated rings. The SMILES string of the molecule is NC(=O)C1CCCN1C(=O)C(N)CCCN=C(N)N. The van der Waals surface area contributed by atoms with Crippen LogP contribution in [0.5, 0.6) is 0 Å². The summed E-state index contributed by atoms with van der Waals surface area (Å²) < 4.78 is 0. The van der Waals surface area contributed by atoms with Crippen molar-refractivity contribution in [3.8, 4) is 0 Å². The molecule has 0 aromatic carbocycles. The summed E-state index contributed by atoms with van der Waals surface area (Å²) in [5.41, 5.74) is 21.5. The highest BCUT2D eigenvalue weighted by Gasteiger charge is 2.34. The minimum absolute atomic E-state index is 0.0215. The lowest BCUT2D eigenvalue weighted by molar-refractivity contribution is -0.138. The molecule has 1 heterocycles. The van der Waals surface area contributed by atoms with Gasteiger partial charge in [0.2, 0.25) is 11.8 Å². The summed E-state index contributed by atoms with van der Waals surface area (Å²) in [7, 11) is 0. The van der Waals surface area contributed by atoms with Crippen molar-refractivity contribution in [1.82, 2.24) is 4.90 Å². The first-order chi connectivity index (χ1) is 8.93. The molecule has 8 heteroatoms. The first kappa shape index (κ1) is 15.2. The molecule has 108 valence electrons. The summed E-state index contributed by atoms with van der Waals surface area (Å²) in [4.78, 5) is 28.6. The average molecular weight is 270 g/mol. The summed E-state index contributed by atoms with van der Waals surface area (Å²) in [6.07, 6.45) is 2.47. The average Bonchev–Trinajstić information content (AvgIpc) is 2.82. The van der Waals surface area contributed by atoms with E-state index in [-0.39, 0.29) is 11.9 Å². The van der Waals surface area contributed by atoms with Crippen LogP contribution >= 0.6 is 0 Å². The van der Waals surface area contributed by atoms with Gasteiger partial charge in [-0.15, -0.1) is 0 Å². The van der Waals surface area contributed by atoms with Gasteiger partial charge in [0.05, 0.1) is 6.04 Å². The highest BCUT2D eigenvalue weighted by molar-refractivity contribution is 5.89. The van der Waals surface area contributed by atoms with E-state index in [1.165, 1.54) is 4.90 Å². The van der Waals surface area contributed by atoms with E-state index in [9.17, 15) is 9.59 Å². The molecule has 0 radical (unpaired) electrons. The molecule has 0 aromatic rings. The molecule has 2 atom stereocenters. The lowest BCUT2D eigenvalue weighted by Gasteiger charge is -2.25. The summed E-state index contributed by atoms with van der Waals surface area (Å²) in [5.74, 6) is -0.683. The first-order valence-electron chi connectivity index (χ1n) is 6.34. The number of hydrogen-bond acceptors (Lipinski definition) is 4. The minimum atomic E-state index is -0.644. The summed E-state index contributed by atoms with van der Waals surface area (Å²) in [6, 6.07) is -1.16. The molecule has 0 bridgehead atoms. The van der Waals surface area contributed by atoms with Crippen LogP contribution in [0.4, 0.5) is 0 Å². The van der Waals surface area contributed by atoms with Crippen LogP contribution in [0.3, 0.4) is 0 Å². The fraction of sp³-hybridized carbons (Fsp3) is 0.727. The fourth-order valence-corrected chi connectivity index (χ4v) is 2.18. The molecule has 1 saturated heterocycles. The number of nitrogens with two attached hydrogens (primary N) is 4. The van der Waals surface area contributed by atoms with Crippen LogP contribution in [0.2, 0.25) is 0 Å². The van der Waals surface area contributed by atoms with Gasteiger partial charge in [0.25, 0.3) is 0 Å². The van der Waals surface area contributed by atoms with Crippen LogP contribution in [-0.2, 0) is 9.59 Å². The topological polar surface area (TPSA) is 154 Å². The monoisotopic (exact) mass is 270 g/mol. The number of amides is 2. The molecule has 1 aliphatic rings. The highest BCUT2D eigenvalue weighted by atomic mass is 16.2. The Labute approximate surface area is 112 Å². The molecule has 2 amide bonds. The molecule has 0 saturated carbocycles. The highest BCUT2D eigenvalue weighted by Crippen LogP contribution is 2.18. The summed E-state index contributed by atoms with van der Waals surface area (Å²) >= 11 is 0. The largest absolute Gasteiger partial charge is 0.370 e. The fourth-order valence-electron chi connectivity index (χ4n) is 2.18. The summed E-state index contributed by atoms with van der Waals surface area (Å²) in [6.45, 7) is 0.969. The number of rotatable bonds is 6. The Bertz CT molecular complexity index is 366. The van der Waals surface area contributed by atoms with Crippen molar-refractivity contribution in [2.45, 2.75) is 37.8 Å². The Hall–Kier alpha value is -1.83. The van der Waals surface area contributed by atoms with Gasteiger partial charge in [0.15, 0.2) is 5.96 Å². The van der Waals surface area contributed by atoms with Crippen LogP contribution in [0.1, 0.15) is 25.7 Å². The third-order valence-corrected chi connectivity index (χ3v) is 3.15. The van der Waals surface area contributed by atoms with Gasteiger partial charge in [-0.25, -0.2) is 0 Å². The second-order valence-corrected chi connectivity index (χ2v) is 4.65. The predicted octanol–water partition coefficient (Wildman–Crippen LogP) is -2.16. The van der Waals surface area contributed by atoms with Crippen LogP contribution in [-0.4, -0.2) is 47.8 Å². The normalized spacial score (nSPS) is 20.1. The molecule has 0 aromatic heterocycles. The van der Waals surface area contributed by atoms with Crippen molar-refractivity contribution in [2.75, 3.05) is 13.1 Å². The molecule has 19 heavy (non-hydrogen) atoms. The van der Waals surface area contributed by atoms with Gasteiger partial charge in [-0.1, -0.05) is 0 Å². The molecular weight excluding hydrogens is 248 g/mol. The van der Waals surface area contributed by atoms with E-state index in [0.29, 0.717) is 32.4 Å². The molecule has 1 rings (SSSR count). The van der Waals surface area contributed by atoms with Crippen molar-refractivity contribution >= 4 is 17.8 Å². The van der Waals surface area contributed by atoms with E-state index in [2.05, 4.69) is 4.99 Å². The van der Waals surface area contributed by atoms with Crippen LogP contribution in [0.25, 0.3) is 0 Å². The maximum absolute atomic E-state index is 12.1. The lowest BCUT2D eigenvalue weighted by Crippen LogP contribution is -2.50. The predicted molar refractivity (Wildman–Crippen MR) is 71.8 cm³/mol. The second-order valence-electron chi connectivity index (χ2n) is 4.65. The molecule has 8 nitrogen and oxygen atoms in total. The zero-order valence-corrected chi connectivity index (χ0v) is 10.9. The molecule has 0 aliphatic carbocycles. The number of hydrogen-bond donors (Lipinski definition) is 4. The van der Waals surface area contributed by atoms with Crippen LogP contribution < -0.4 is 22.9 Å². The van der Waals surface area contributed by atoms with Crippen molar-refractivity contribution in [3.05, 3.63) is 0 Å². The van der Waals surface area contributed by atoms with Crippen molar-refractivity contribution in [1.29, 1.82) is 0 Å². The quantitative estimate of drug-likeness (QED) is 0.246. The Morgan fingerprint density at radius 1 is 1.32 bits per heavy atom. The van der Waals surface area contributed by atoms with E-state index in [0.717, 1.165) is 6.42 Å². The Morgan fingerprint density at radius 2 is 2.00 bits per heavy atom. The van der Waals surface area contributed by atoms with E-state index < -0.39 is 18.0 Å². The van der Waals surface area contributed by atoms with Crippen molar-refractivity contribution in [3.63, 3.8) is 0 Å². The third-order valence-electron chi connectivity index (χ3n) is 3.15. The zero-order valence-electron chi connectivity index (χ0n) is 10.9.